The molecule has 8 heteroatoms. The van der Waals surface area contributed by atoms with Crippen molar-refractivity contribution in [3.63, 3.8) is 0 Å². The Morgan fingerprint density at radius 3 is 2.42 bits per heavy atom. The first-order chi connectivity index (χ1) is 15.8. The average molecular weight is 466 g/mol. The van der Waals surface area contributed by atoms with E-state index in [2.05, 4.69) is 20.8 Å². The summed E-state index contributed by atoms with van der Waals surface area (Å²) in [4.78, 5) is 25.3. The summed E-state index contributed by atoms with van der Waals surface area (Å²) in [6.07, 6.45) is 0. The van der Waals surface area contributed by atoms with E-state index in [0.717, 1.165) is 16.8 Å². The molecule has 2 amide bonds. The number of anilines is 1. The van der Waals surface area contributed by atoms with Gasteiger partial charge in [-0.2, -0.15) is 0 Å². The summed E-state index contributed by atoms with van der Waals surface area (Å²) in [5, 5.41) is 15.4. The van der Waals surface area contributed by atoms with Gasteiger partial charge in [0.25, 0.3) is 5.91 Å². The van der Waals surface area contributed by atoms with Crippen molar-refractivity contribution in [3.05, 3.63) is 71.0 Å². The van der Waals surface area contributed by atoms with E-state index in [9.17, 15) is 9.59 Å². The standard InChI is InChI=1S/C25H31N5O2S/c1-6-30-23(22(16(2)3)27-24(32)19-12-8-7-9-13-19)28-29-25(30)33-15-21(31)26-20-14-10-11-17(4)18(20)5/h7-14,16,22H,6,15H2,1-5H3,(H,26,31)(H,27,32)/t22-/m1/s1. The van der Waals surface area contributed by atoms with Crippen LogP contribution in [0.4, 0.5) is 5.69 Å². The molecule has 0 bridgehead atoms. The van der Waals surface area contributed by atoms with Crippen LogP contribution in [0.2, 0.25) is 0 Å². The number of amides is 2. The van der Waals surface area contributed by atoms with Crippen LogP contribution in [0.5, 0.6) is 0 Å². The highest BCUT2D eigenvalue weighted by Crippen LogP contribution is 2.26. The van der Waals surface area contributed by atoms with E-state index in [1.165, 1.54) is 11.8 Å². The third kappa shape index (κ3) is 6.01. The van der Waals surface area contributed by atoms with Crippen LogP contribution in [0.25, 0.3) is 0 Å². The van der Waals surface area contributed by atoms with Crippen molar-refractivity contribution in [3.8, 4) is 0 Å². The van der Waals surface area contributed by atoms with Crippen LogP contribution >= 0.6 is 11.8 Å². The monoisotopic (exact) mass is 465 g/mol. The highest BCUT2D eigenvalue weighted by Gasteiger charge is 2.26. The van der Waals surface area contributed by atoms with Crippen molar-refractivity contribution in [1.82, 2.24) is 20.1 Å². The van der Waals surface area contributed by atoms with Crippen molar-refractivity contribution < 1.29 is 9.59 Å². The van der Waals surface area contributed by atoms with Crippen molar-refractivity contribution in [1.29, 1.82) is 0 Å². The predicted molar refractivity (Wildman–Crippen MR) is 132 cm³/mol. The number of carbonyl (C=O) groups excluding carboxylic acids is 2. The van der Waals surface area contributed by atoms with Crippen LogP contribution in [-0.4, -0.2) is 32.3 Å². The first kappa shape index (κ1) is 24.5. The van der Waals surface area contributed by atoms with Crippen LogP contribution in [0.15, 0.2) is 53.7 Å². The zero-order chi connectivity index (χ0) is 24.0. The summed E-state index contributed by atoms with van der Waals surface area (Å²) in [5.74, 6) is 0.765. The number of aromatic nitrogens is 3. The fourth-order valence-electron chi connectivity index (χ4n) is 3.48. The third-order valence-corrected chi connectivity index (χ3v) is 6.51. The van der Waals surface area contributed by atoms with E-state index in [1.807, 2.05) is 75.6 Å². The summed E-state index contributed by atoms with van der Waals surface area (Å²) >= 11 is 1.34. The molecule has 3 aromatic rings. The topological polar surface area (TPSA) is 88.9 Å². The Morgan fingerprint density at radius 1 is 1.03 bits per heavy atom. The molecule has 0 aliphatic rings. The quantitative estimate of drug-likeness (QED) is 0.444. The lowest BCUT2D eigenvalue weighted by Crippen LogP contribution is -2.33. The fourth-order valence-corrected chi connectivity index (χ4v) is 4.29. The number of hydrogen-bond acceptors (Lipinski definition) is 5. The number of carbonyl (C=O) groups is 2. The predicted octanol–water partition coefficient (Wildman–Crippen LogP) is 4.77. The van der Waals surface area contributed by atoms with Crippen LogP contribution in [0, 0.1) is 19.8 Å². The van der Waals surface area contributed by atoms with E-state index in [-0.39, 0.29) is 29.5 Å². The zero-order valence-electron chi connectivity index (χ0n) is 19.8. The third-order valence-electron chi connectivity index (χ3n) is 5.54. The van der Waals surface area contributed by atoms with Gasteiger partial charge in [-0.25, -0.2) is 0 Å². The molecule has 0 saturated heterocycles. The SMILES string of the molecule is CCn1c(SCC(=O)Nc2cccc(C)c2C)nnc1[C@H](NC(=O)c1ccccc1)C(C)C. The Labute approximate surface area is 199 Å². The molecule has 1 atom stereocenters. The van der Waals surface area contributed by atoms with Crippen LogP contribution < -0.4 is 10.6 Å². The summed E-state index contributed by atoms with van der Waals surface area (Å²) in [5.41, 5.74) is 3.61. The van der Waals surface area contributed by atoms with Crippen molar-refractivity contribution >= 4 is 29.3 Å². The average Bonchev–Trinajstić information content (AvgIpc) is 3.21. The largest absolute Gasteiger partial charge is 0.342 e. The van der Waals surface area contributed by atoms with Crippen LogP contribution in [0.3, 0.4) is 0 Å². The lowest BCUT2D eigenvalue weighted by Gasteiger charge is -2.22. The van der Waals surface area contributed by atoms with E-state index in [0.29, 0.717) is 23.1 Å². The van der Waals surface area contributed by atoms with Crippen LogP contribution in [0.1, 0.15) is 54.1 Å². The minimum absolute atomic E-state index is 0.0984. The molecular formula is C25H31N5O2S. The molecule has 0 spiro atoms. The lowest BCUT2D eigenvalue weighted by atomic mass is 10.0. The zero-order valence-corrected chi connectivity index (χ0v) is 20.6. The lowest BCUT2D eigenvalue weighted by molar-refractivity contribution is -0.113. The molecular weight excluding hydrogens is 434 g/mol. The minimum atomic E-state index is -0.303. The summed E-state index contributed by atoms with van der Waals surface area (Å²) in [6.45, 7) is 10.7. The van der Waals surface area contributed by atoms with E-state index in [1.54, 1.807) is 12.1 Å². The number of hydrogen-bond donors (Lipinski definition) is 2. The van der Waals surface area contributed by atoms with Gasteiger partial charge in [0, 0.05) is 17.8 Å². The summed E-state index contributed by atoms with van der Waals surface area (Å²) in [6, 6.07) is 14.7. The van der Waals surface area contributed by atoms with Gasteiger partial charge in [-0.05, 0) is 56.0 Å². The van der Waals surface area contributed by atoms with Gasteiger partial charge >= 0.3 is 0 Å². The molecule has 1 aromatic heterocycles. The van der Waals surface area contributed by atoms with Gasteiger partial charge in [0.2, 0.25) is 5.91 Å². The van der Waals surface area contributed by atoms with Gasteiger partial charge in [0.15, 0.2) is 11.0 Å². The molecule has 7 nitrogen and oxygen atoms in total. The Hall–Kier alpha value is -3.13. The molecule has 0 aliphatic heterocycles. The van der Waals surface area contributed by atoms with Gasteiger partial charge in [0.05, 0.1) is 11.8 Å². The smallest absolute Gasteiger partial charge is 0.251 e. The van der Waals surface area contributed by atoms with Gasteiger partial charge in [-0.3, -0.25) is 9.59 Å². The summed E-state index contributed by atoms with van der Waals surface area (Å²) < 4.78 is 1.96. The molecule has 0 unspecified atom stereocenters. The molecule has 174 valence electrons. The van der Waals surface area contributed by atoms with Gasteiger partial charge in [-0.1, -0.05) is 55.9 Å². The molecule has 0 radical (unpaired) electrons. The molecule has 0 fully saturated rings. The normalized spacial score (nSPS) is 11.9. The number of rotatable bonds is 9. The molecule has 0 aliphatic carbocycles. The fraction of sp³-hybridized carbons (Fsp3) is 0.360. The maximum absolute atomic E-state index is 12.8. The number of thioether (sulfide) groups is 1. The number of aryl methyl sites for hydroxylation is 1. The highest BCUT2D eigenvalue weighted by molar-refractivity contribution is 7.99. The Balaban J connectivity index is 1.71. The number of nitrogens with zero attached hydrogens (tertiary/aromatic N) is 3. The van der Waals surface area contributed by atoms with Crippen molar-refractivity contribution in [2.24, 2.45) is 5.92 Å². The van der Waals surface area contributed by atoms with Crippen LogP contribution in [-0.2, 0) is 11.3 Å². The molecule has 33 heavy (non-hydrogen) atoms. The Morgan fingerprint density at radius 2 is 1.76 bits per heavy atom. The van der Waals surface area contributed by atoms with Gasteiger partial charge in [0.1, 0.15) is 0 Å². The molecule has 3 rings (SSSR count). The van der Waals surface area contributed by atoms with Gasteiger partial charge in [-0.15, -0.1) is 10.2 Å². The first-order valence-corrected chi connectivity index (χ1v) is 12.1. The first-order valence-electron chi connectivity index (χ1n) is 11.1. The Kier molecular flexibility index (Phi) is 8.27. The van der Waals surface area contributed by atoms with Crippen molar-refractivity contribution in [2.75, 3.05) is 11.1 Å². The minimum Gasteiger partial charge on any atom is -0.342 e. The highest BCUT2D eigenvalue weighted by atomic mass is 32.2. The van der Waals surface area contributed by atoms with Crippen molar-refractivity contribution in [2.45, 2.75) is 52.4 Å². The van der Waals surface area contributed by atoms with E-state index < -0.39 is 0 Å². The van der Waals surface area contributed by atoms with Gasteiger partial charge < -0.3 is 15.2 Å². The molecule has 2 N–H and O–H groups in total. The number of nitrogens with one attached hydrogen (secondary N) is 2. The second kappa shape index (κ2) is 11.1. The maximum atomic E-state index is 12.8. The summed E-state index contributed by atoms with van der Waals surface area (Å²) in [7, 11) is 0. The Bertz CT molecular complexity index is 1110. The number of benzene rings is 2. The molecule has 1 heterocycles. The molecule has 0 saturated carbocycles. The van der Waals surface area contributed by atoms with E-state index >= 15 is 0 Å². The second-order valence-electron chi connectivity index (χ2n) is 8.23. The van der Waals surface area contributed by atoms with E-state index in [4.69, 9.17) is 0 Å². The molecule has 2 aromatic carbocycles. The maximum Gasteiger partial charge on any atom is 0.251 e. The second-order valence-corrected chi connectivity index (χ2v) is 9.17.